The second kappa shape index (κ2) is 4.84. The van der Waals surface area contributed by atoms with E-state index < -0.39 is 6.10 Å². The van der Waals surface area contributed by atoms with Crippen LogP contribution in [0.2, 0.25) is 0 Å². The van der Waals surface area contributed by atoms with Crippen molar-refractivity contribution in [3.05, 3.63) is 10.3 Å². The first-order chi connectivity index (χ1) is 7.63. The SMILES string of the molecule is CCC1CCC(C(O)c2c(Br)nnn2C)C1. The van der Waals surface area contributed by atoms with Gasteiger partial charge in [-0.2, -0.15) is 0 Å². The molecule has 0 radical (unpaired) electrons. The molecule has 2 rings (SSSR count). The number of aliphatic hydroxyl groups excluding tert-OH is 1. The lowest BCUT2D eigenvalue weighted by Gasteiger charge is -2.18. The van der Waals surface area contributed by atoms with Gasteiger partial charge in [-0.25, -0.2) is 4.68 Å². The van der Waals surface area contributed by atoms with Crippen LogP contribution in [0.3, 0.4) is 0 Å². The van der Waals surface area contributed by atoms with Crippen molar-refractivity contribution in [2.45, 2.75) is 38.7 Å². The van der Waals surface area contributed by atoms with Gasteiger partial charge in [0.1, 0.15) is 11.8 Å². The van der Waals surface area contributed by atoms with Crippen molar-refractivity contribution in [3.8, 4) is 0 Å². The summed E-state index contributed by atoms with van der Waals surface area (Å²) in [4.78, 5) is 0. The smallest absolute Gasteiger partial charge is 0.154 e. The summed E-state index contributed by atoms with van der Waals surface area (Å²) in [7, 11) is 1.82. The van der Waals surface area contributed by atoms with E-state index in [0.717, 1.165) is 24.5 Å². The van der Waals surface area contributed by atoms with Gasteiger partial charge in [-0.3, -0.25) is 0 Å². The summed E-state index contributed by atoms with van der Waals surface area (Å²) in [5, 5.41) is 18.2. The topological polar surface area (TPSA) is 50.9 Å². The van der Waals surface area contributed by atoms with Crippen molar-refractivity contribution in [2.75, 3.05) is 0 Å². The lowest BCUT2D eigenvalue weighted by molar-refractivity contribution is 0.100. The summed E-state index contributed by atoms with van der Waals surface area (Å²) in [5.74, 6) is 1.14. The van der Waals surface area contributed by atoms with Crippen molar-refractivity contribution in [1.29, 1.82) is 0 Å². The third-order valence-electron chi connectivity index (χ3n) is 3.71. The highest BCUT2D eigenvalue weighted by Crippen LogP contribution is 2.41. The highest BCUT2D eigenvalue weighted by atomic mass is 79.9. The molecular formula is C11H18BrN3O. The molecule has 16 heavy (non-hydrogen) atoms. The molecule has 3 unspecified atom stereocenters. The van der Waals surface area contributed by atoms with E-state index in [-0.39, 0.29) is 0 Å². The van der Waals surface area contributed by atoms with E-state index in [2.05, 4.69) is 33.2 Å². The van der Waals surface area contributed by atoms with Crippen LogP contribution in [0.1, 0.15) is 44.4 Å². The molecule has 1 aromatic heterocycles. The molecule has 0 saturated heterocycles. The van der Waals surface area contributed by atoms with E-state index in [1.165, 1.54) is 12.8 Å². The Hall–Kier alpha value is -0.420. The van der Waals surface area contributed by atoms with Gasteiger partial charge in [0.2, 0.25) is 0 Å². The molecule has 1 saturated carbocycles. The average Bonchev–Trinajstić information content (AvgIpc) is 2.85. The number of aryl methyl sites for hydroxylation is 1. The highest BCUT2D eigenvalue weighted by molar-refractivity contribution is 9.10. The van der Waals surface area contributed by atoms with Crippen LogP contribution < -0.4 is 0 Å². The number of halogens is 1. The van der Waals surface area contributed by atoms with Gasteiger partial charge in [0.05, 0.1) is 0 Å². The fourth-order valence-corrected chi connectivity index (χ4v) is 3.21. The van der Waals surface area contributed by atoms with Crippen molar-refractivity contribution in [2.24, 2.45) is 18.9 Å². The molecule has 3 atom stereocenters. The second-order valence-corrected chi connectivity index (χ2v) is 5.43. The van der Waals surface area contributed by atoms with Crippen molar-refractivity contribution in [3.63, 3.8) is 0 Å². The van der Waals surface area contributed by atoms with Gasteiger partial charge in [-0.05, 0) is 40.6 Å². The molecule has 0 amide bonds. The first-order valence-electron chi connectivity index (χ1n) is 5.86. The summed E-state index contributed by atoms with van der Waals surface area (Å²) < 4.78 is 2.33. The Balaban J connectivity index is 2.11. The molecule has 4 nitrogen and oxygen atoms in total. The van der Waals surface area contributed by atoms with Crippen LogP contribution >= 0.6 is 15.9 Å². The van der Waals surface area contributed by atoms with Crippen LogP contribution in [0.4, 0.5) is 0 Å². The Morgan fingerprint density at radius 1 is 1.56 bits per heavy atom. The standard InChI is InChI=1S/C11H18BrN3O/c1-3-7-4-5-8(6-7)10(16)9-11(12)13-14-15(9)2/h7-8,10,16H,3-6H2,1-2H3. The lowest BCUT2D eigenvalue weighted by atomic mass is 9.96. The van der Waals surface area contributed by atoms with Crippen LogP contribution in [0.25, 0.3) is 0 Å². The van der Waals surface area contributed by atoms with Crippen molar-refractivity contribution >= 4 is 15.9 Å². The molecule has 0 aliphatic heterocycles. The Morgan fingerprint density at radius 2 is 2.31 bits per heavy atom. The molecule has 0 spiro atoms. The lowest BCUT2D eigenvalue weighted by Crippen LogP contribution is -2.14. The number of hydrogen-bond donors (Lipinski definition) is 1. The average molecular weight is 288 g/mol. The van der Waals surface area contributed by atoms with E-state index in [4.69, 9.17) is 0 Å². The maximum atomic E-state index is 10.4. The predicted molar refractivity (Wildman–Crippen MR) is 64.8 cm³/mol. The zero-order valence-corrected chi connectivity index (χ0v) is 11.3. The molecule has 1 aliphatic carbocycles. The quantitative estimate of drug-likeness (QED) is 0.929. The Bertz CT molecular complexity index is 347. The molecule has 1 N–H and O–H groups in total. The summed E-state index contributed by atoms with van der Waals surface area (Å²) in [6, 6.07) is 0. The normalized spacial score (nSPS) is 27.2. The Labute approximate surface area is 104 Å². The van der Waals surface area contributed by atoms with Gasteiger partial charge in [0.15, 0.2) is 4.60 Å². The van der Waals surface area contributed by atoms with E-state index >= 15 is 0 Å². The summed E-state index contributed by atoms with van der Waals surface area (Å²) >= 11 is 3.34. The molecule has 0 bridgehead atoms. The van der Waals surface area contributed by atoms with Crippen LogP contribution in [0, 0.1) is 11.8 Å². The van der Waals surface area contributed by atoms with Crippen LogP contribution in [0.5, 0.6) is 0 Å². The third-order valence-corrected chi connectivity index (χ3v) is 4.28. The van der Waals surface area contributed by atoms with Crippen LogP contribution in [-0.4, -0.2) is 20.1 Å². The zero-order valence-electron chi connectivity index (χ0n) is 9.73. The Kier molecular flexibility index (Phi) is 3.64. The minimum absolute atomic E-state index is 0.360. The second-order valence-electron chi connectivity index (χ2n) is 4.68. The minimum Gasteiger partial charge on any atom is -0.386 e. The van der Waals surface area contributed by atoms with Crippen molar-refractivity contribution < 1.29 is 5.11 Å². The van der Waals surface area contributed by atoms with Crippen molar-refractivity contribution in [1.82, 2.24) is 15.0 Å². The van der Waals surface area contributed by atoms with Gasteiger partial charge in [0, 0.05) is 7.05 Å². The molecular weight excluding hydrogens is 270 g/mol. The van der Waals surface area contributed by atoms with E-state index in [1.807, 2.05) is 7.05 Å². The van der Waals surface area contributed by atoms with Gasteiger partial charge in [-0.1, -0.05) is 25.0 Å². The fraction of sp³-hybridized carbons (Fsp3) is 0.818. The van der Waals surface area contributed by atoms with Gasteiger partial charge >= 0.3 is 0 Å². The van der Waals surface area contributed by atoms with Crippen LogP contribution in [-0.2, 0) is 7.05 Å². The molecule has 1 heterocycles. The molecule has 1 fully saturated rings. The number of aliphatic hydroxyl groups is 1. The molecule has 1 aromatic rings. The van der Waals surface area contributed by atoms with Gasteiger partial charge in [-0.15, -0.1) is 5.10 Å². The van der Waals surface area contributed by atoms with E-state index in [9.17, 15) is 5.11 Å². The molecule has 90 valence electrons. The maximum absolute atomic E-state index is 10.4. The number of hydrogen-bond acceptors (Lipinski definition) is 3. The monoisotopic (exact) mass is 287 g/mol. The third kappa shape index (κ3) is 2.15. The minimum atomic E-state index is -0.439. The molecule has 1 aliphatic rings. The highest BCUT2D eigenvalue weighted by Gasteiger charge is 2.32. The summed E-state index contributed by atoms with van der Waals surface area (Å²) in [6.45, 7) is 2.22. The first-order valence-corrected chi connectivity index (χ1v) is 6.65. The number of aromatic nitrogens is 3. The van der Waals surface area contributed by atoms with Gasteiger partial charge in [0.25, 0.3) is 0 Å². The van der Waals surface area contributed by atoms with E-state index in [1.54, 1.807) is 4.68 Å². The maximum Gasteiger partial charge on any atom is 0.154 e. The molecule has 0 aromatic carbocycles. The summed E-state index contributed by atoms with van der Waals surface area (Å²) in [5.41, 5.74) is 0.807. The largest absolute Gasteiger partial charge is 0.386 e. The van der Waals surface area contributed by atoms with E-state index in [0.29, 0.717) is 10.5 Å². The summed E-state index contributed by atoms with van der Waals surface area (Å²) in [6.07, 6.45) is 4.24. The molecule has 5 heteroatoms. The van der Waals surface area contributed by atoms with Gasteiger partial charge < -0.3 is 5.11 Å². The number of nitrogens with zero attached hydrogens (tertiary/aromatic N) is 3. The predicted octanol–water partition coefficient (Wildman–Crippen LogP) is 2.44. The van der Waals surface area contributed by atoms with Crippen LogP contribution in [0.15, 0.2) is 4.60 Å². The first kappa shape index (κ1) is 12.0. The fourth-order valence-electron chi connectivity index (χ4n) is 2.65. The number of rotatable bonds is 3. The zero-order chi connectivity index (χ0) is 11.7. The Morgan fingerprint density at radius 3 is 2.81 bits per heavy atom.